The predicted octanol–water partition coefficient (Wildman–Crippen LogP) is 17.2. The Morgan fingerprint density at radius 1 is 0.603 bits per heavy atom. The Balaban J connectivity index is 0.00000676. The number of phenolic OH excluding ortho intramolecular Hbond substituents is 1. The van der Waals surface area contributed by atoms with Gasteiger partial charge < -0.3 is 5.11 Å². The summed E-state index contributed by atoms with van der Waals surface area (Å²) in [6.07, 6.45) is 1.85. The third-order valence-corrected chi connectivity index (χ3v) is 13.1. The van der Waals surface area contributed by atoms with Crippen molar-refractivity contribution < 1.29 is 30.3 Å². The summed E-state index contributed by atoms with van der Waals surface area (Å²) in [5, 5.41) is 12.4. The molecule has 0 spiro atoms. The molecule has 68 heavy (non-hydrogen) atoms. The van der Waals surface area contributed by atoms with E-state index in [1.807, 2.05) is 71.4 Å². The van der Waals surface area contributed by atoms with E-state index in [1.165, 1.54) is 16.7 Å². The van der Waals surface area contributed by atoms with Crippen molar-refractivity contribution >= 4 is 11.0 Å². The fraction of sp³-hybridized carbons (Fsp3) is 0.238. The standard InChI is InChI=1S/C63H62N3O.Pt/c1-38(2)47-29-50(34-53(33-47)63(9,10)11)45-24-25-58(42(8)28-45)66-59-19-15-18-54(60(59)65-62(66)56-36-48(39(3)4)35-55(40(5)6)61(56)67)51-30-49(43-16-13-12-14-17-43)31-52(32-51)57-37-46(26-27-64-57)44-22-20-41(7)21-23-44;/h12-31,33-40,67H,1-11H3;/q-1;/i8D3;. The minimum Gasteiger partial charge on any atom is -0.507 e. The largest absolute Gasteiger partial charge is 0.507 e. The van der Waals surface area contributed by atoms with E-state index in [-0.39, 0.29) is 55.5 Å². The molecule has 0 aliphatic carbocycles. The van der Waals surface area contributed by atoms with Crippen molar-refractivity contribution in [3.63, 3.8) is 0 Å². The Morgan fingerprint density at radius 2 is 1.26 bits per heavy atom. The van der Waals surface area contributed by atoms with Crippen LogP contribution >= 0.6 is 0 Å². The number of hydrogen-bond donors (Lipinski definition) is 1. The average Bonchev–Trinajstić information content (AvgIpc) is 3.73. The first-order valence-corrected chi connectivity index (χ1v) is 23.6. The number of aromatic hydroxyl groups is 1. The Kier molecular flexibility index (Phi) is 12.6. The van der Waals surface area contributed by atoms with Gasteiger partial charge in [-0.1, -0.05) is 188 Å². The first kappa shape index (κ1) is 44.2. The summed E-state index contributed by atoms with van der Waals surface area (Å²) in [4.78, 5) is 10.4. The van der Waals surface area contributed by atoms with Gasteiger partial charge in [-0.15, -0.1) is 23.8 Å². The average molecular weight is 1080 g/mol. The maximum Gasteiger partial charge on any atom is 0.148 e. The van der Waals surface area contributed by atoms with Gasteiger partial charge in [0.1, 0.15) is 11.6 Å². The van der Waals surface area contributed by atoms with Crippen molar-refractivity contribution in [2.45, 2.75) is 99.3 Å². The Bertz CT molecular complexity index is 3400. The maximum absolute atomic E-state index is 12.4. The molecule has 0 unspecified atom stereocenters. The summed E-state index contributed by atoms with van der Waals surface area (Å²) in [5.41, 5.74) is 17.1. The summed E-state index contributed by atoms with van der Waals surface area (Å²) >= 11 is 0. The first-order chi connectivity index (χ1) is 33.2. The van der Waals surface area contributed by atoms with Gasteiger partial charge in [-0.05, 0) is 123 Å². The molecule has 7 aromatic carbocycles. The summed E-state index contributed by atoms with van der Waals surface area (Å²) in [6.45, 7) is 19.0. The van der Waals surface area contributed by atoms with Gasteiger partial charge in [0.15, 0.2) is 0 Å². The number of benzene rings is 7. The molecule has 0 atom stereocenters. The molecule has 0 aliphatic heterocycles. The van der Waals surface area contributed by atoms with Crippen molar-refractivity contribution in [2.75, 3.05) is 0 Å². The van der Waals surface area contributed by atoms with Gasteiger partial charge in [0.05, 0.1) is 22.3 Å². The van der Waals surface area contributed by atoms with Crippen LogP contribution in [0.3, 0.4) is 0 Å². The van der Waals surface area contributed by atoms with Crippen molar-refractivity contribution in [3.8, 4) is 78.6 Å². The minimum absolute atomic E-state index is 0. The van der Waals surface area contributed by atoms with E-state index >= 15 is 0 Å². The molecule has 2 aromatic heterocycles. The van der Waals surface area contributed by atoms with Gasteiger partial charge >= 0.3 is 0 Å². The maximum atomic E-state index is 12.4. The summed E-state index contributed by atoms with van der Waals surface area (Å²) in [5.74, 6) is 1.02. The SMILES string of the molecule is [2H]C([2H])([2H])c1cc(-c2cc(C(C)C)cc(C(C)(C)C)c2)ccc1-n1c(-c2cc(C(C)C)cc(C(C)C)c2O)nc2c(-c3[c-]c(-c4cc(-c5ccc(C)cc5)ccn4)cc(-c4ccccc4)c3)cccc21.[Pt]. The molecule has 0 aliphatic rings. The molecule has 0 fully saturated rings. The number of rotatable bonds is 10. The zero-order valence-electron chi connectivity index (χ0n) is 43.8. The van der Waals surface area contributed by atoms with Crippen LogP contribution in [0.5, 0.6) is 5.75 Å². The van der Waals surface area contributed by atoms with Crippen LogP contribution in [0.1, 0.15) is 118 Å². The van der Waals surface area contributed by atoms with Crippen molar-refractivity contribution in [1.82, 2.24) is 14.5 Å². The van der Waals surface area contributed by atoms with E-state index < -0.39 is 6.85 Å². The van der Waals surface area contributed by atoms with Crippen LogP contribution in [0.15, 0.2) is 152 Å². The van der Waals surface area contributed by atoms with Gasteiger partial charge in [0, 0.05) is 37.1 Å². The van der Waals surface area contributed by atoms with Gasteiger partial charge in [-0.3, -0.25) is 9.55 Å². The minimum atomic E-state index is -2.52. The number of pyridine rings is 1. The molecule has 1 N–H and O–H groups in total. The molecule has 0 saturated heterocycles. The number of phenols is 1. The topological polar surface area (TPSA) is 50.9 Å². The molecule has 0 amide bonds. The van der Waals surface area contributed by atoms with E-state index in [9.17, 15) is 5.11 Å². The molecule has 0 radical (unpaired) electrons. The third kappa shape index (κ3) is 9.54. The Morgan fingerprint density at radius 3 is 1.96 bits per heavy atom. The predicted molar refractivity (Wildman–Crippen MR) is 282 cm³/mol. The van der Waals surface area contributed by atoms with Gasteiger partial charge in [-0.25, -0.2) is 4.98 Å². The fourth-order valence-corrected chi connectivity index (χ4v) is 9.01. The summed E-state index contributed by atoms with van der Waals surface area (Å²) in [7, 11) is 0. The van der Waals surface area contributed by atoms with E-state index in [4.69, 9.17) is 14.1 Å². The van der Waals surface area contributed by atoms with Crippen LogP contribution in [-0.4, -0.2) is 19.6 Å². The zero-order valence-corrected chi connectivity index (χ0v) is 43.0. The number of para-hydroxylation sites is 1. The van der Waals surface area contributed by atoms with Crippen molar-refractivity contribution in [3.05, 3.63) is 191 Å². The van der Waals surface area contributed by atoms with Gasteiger partial charge in [0.2, 0.25) is 0 Å². The Labute approximate surface area is 422 Å². The fourth-order valence-electron chi connectivity index (χ4n) is 9.01. The van der Waals surface area contributed by atoms with Crippen LogP contribution in [0.4, 0.5) is 0 Å². The molecule has 5 heteroatoms. The van der Waals surface area contributed by atoms with Crippen molar-refractivity contribution in [1.29, 1.82) is 0 Å². The zero-order chi connectivity index (χ0) is 49.8. The van der Waals surface area contributed by atoms with Crippen LogP contribution < -0.4 is 0 Å². The number of hydrogen-bond acceptors (Lipinski definition) is 3. The second kappa shape index (κ2) is 19.3. The first-order valence-electron chi connectivity index (χ1n) is 25.1. The van der Waals surface area contributed by atoms with Crippen LogP contribution in [0.25, 0.3) is 83.9 Å². The van der Waals surface area contributed by atoms with Gasteiger partial charge in [-0.2, -0.15) is 0 Å². The van der Waals surface area contributed by atoms with Crippen molar-refractivity contribution in [2.24, 2.45) is 0 Å². The molecule has 4 nitrogen and oxygen atoms in total. The van der Waals surface area contributed by atoms with Crippen LogP contribution in [-0.2, 0) is 26.5 Å². The van der Waals surface area contributed by atoms with E-state index in [2.05, 4.69) is 160 Å². The summed E-state index contributed by atoms with van der Waals surface area (Å²) < 4.78 is 29.4. The van der Waals surface area contributed by atoms with E-state index in [0.717, 1.165) is 66.9 Å². The summed E-state index contributed by atoms with van der Waals surface area (Å²) in [6, 6.07) is 53.6. The molecule has 9 rings (SSSR count). The third-order valence-electron chi connectivity index (χ3n) is 13.1. The number of imidazole rings is 1. The van der Waals surface area contributed by atoms with Crippen LogP contribution in [0.2, 0.25) is 0 Å². The molecular formula is C63H62N3OPt-. The smallest absolute Gasteiger partial charge is 0.148 e. The second-order valence-electron chi connectivity index (χ2n) is 20.1. The monoisotopic (exact) mass is 1070 g/mol. The van der Waals surface area contributed by atoms with Crippen LogP contribution in [0, 0.1) is 19.8 Å². The molecule has 0 saturated carbocycles. The Hall–Kier alpha value is -6.35. The van der Waals surface area contributed by atoms with Gasteiger partial charge in [0.25, 0.3) is 0 Å². The number of fused-ring (bicyclic) bond motifs is 1. The molecule has 346 valence electrons. The van der Waals surface area contributed by atoms with E-state index in [1.54, 1.807) is 0 Å². The number of aryl methyl sites for hydroxylation is 2. The molecular weight excluding hydrogens is 1010 g/mol. The van der Waals surface area contributed by atoms with E-state index in [0.29, 0.717) is 28.1 Å². The number of aromatic nitrogens is 3. The number of nitrogens with zero attached hydrogens (tertiary/aromatic N) is 3. The quantitative estimate of drug-likeness (QED) is 0.139. The molecule has 2 heterocycles. The second-order valence-corrected chi connectivity index (χ2v) is 20.1. The normalized spacial score (nSPS) is 12.6. The molecule has 0 bridgehead atoms. The molecule has 9 aromatic rings.